The normalized spacial score (nSPS) is 13.0. The van der Waals surface area contributed by atoms with E-state index >= 15 is 0 Å². The fraction of sp³-hybridized carbons (Fsp3) is 0.450. The number of amides is 2. The van der Waals surface area contributed by atoms with Gasteiger partial charge < -0.3 is 15.2 Å². The lowest BCUT2D eigenvalue weighted by molar-refractivity contribution is -0.142. The van der Waals surface area contributed by atoms with Gasteiger partial charge in [0.05, 0.1) is 23.7 Å². The minimum atomic E-state index is -1.14. The molecule has 0 radical (unpaired) electrons. The Bertz CT molecular complexity index is 1450. The SMILES string of the molecule is CCCCCCCCCCCCCCOc1ccc(Nc2ccc(C(=O)CC(CCN3C(=O)c4ccccc4C3=O)C(=O)O)cc2)cc1. The number of Topliss-reactive ketones (excluding diaryl/α,β-unsaturated/α-hetero) is 1. The molecule has 1 aliphatic heterocycles. The lowest BCUT2D eigenvalue weighted by Crippen LogP contribution is -2.33. The summed E-state index contributed by atoms with van der Waals surface area (Å²) in [6.45, 7) is 2.91. The van der Waals surface area contributed by atoms with Crippen molar-refractivity contribution in [2.75, 3.05) is 18.5 Å². The maximum absolute atomic E-state index is 13.0. The number of aliphatic carboxylic acids is 1. The Morgan fingerprint density at radius 3 is 1.73 bits per heavy atom. The third-order valence-corrected chi connectivity index (χ3v) is 8.98. The molecule has 3 aromatic rings. The molecule has 0 fully saturated rings. The van der Waals surface area contributed by atoms with Gasteiger partial charge in [0.15, 0.2) is 5.78 Å². The Morgan fingerprint density at radius 2 is 1.21 bits per heavy atom. The van der Waals surface area contributed by atoms with Crippen LogP contribution in [0.5, 0.6) is 5.75 Å². The van der Waals surface area contributed by atoms with Crippen LogP contribution in [0.15, 0.2) is 72.8 Å². The third-order valence-electron chi connectivity index (χ3n) is 8.98. The maximum atomic E-state index is 13.0. The number of ketones is 1. The number of carboxylic acid groups (broad SMARTS) is 1. The highest BCUT2D eigenvalue weighted by Crippen LogP contribution is 2.25. The van der Waals surface area contributed by atoms with Crippen molar-refractivity contribution in [3.63, 3.8) is 0 Å². The molecule has 0 aromatic heterocycles. The zero-order valence-corrected chi connectivity index (χ0v) is 28.3. The van der Waals surface area contributed by atoms with Crippen molar-refractivity contribution in [1.29, 1.82) is 0 Å². The van der Waals surface area contributed by atoms with Crippen molar-refractivity contribution in [3.8, 4) is 5.75 Å². The Hall–Kier alpha value is -4.46. The number of carboxylic acids is 1. The van der Waals surface area contributed by atoms with E-state index < -0.39 is 23.7 Å². The predicted molar refractivity (Wildman–Crippen MR) is 189 cm³/mol. The number of nitrogens with one attached hydrogen (secondary N) is 1. The molecule has 1 unspecified atom stereocenters. The van der Waals surface area contributed by atoms with Crippen molar-refractivity contribution in [3.05, 3.63) is 89.5 Å². The molecule has 0 aliphatic carbocycles. The number of rotatable bonds is 23. The number of carbonyl (C=O) groups is 4. The van der Waals surface area contributed by atoms with Crippen molar-refractivity contribution >= 4 is 34.9 Å². The molecule has 4 rings (SSSR count). The van der Waals surface area contributed by atoms with Crippen LogP contribution in [0.2, 0.25) is 0 Å². The Labute approximate surface area is 284 Å². The van der Waals surface area contributed by atoms with Crippen LogP contribution in [0.3, 0.4) is 0 Å². The summed E-state index contributed by atoms with van der Waals surface area (Å²) in [6.07, 6.45) is 15.5. The van der Waals surface area contributed by atoms with Crippen LogP contribution in [-0.4, -0.2) is 46.7 Å². The van der Waals surface area contributed by atoms with E-state index in [1.165, 1.54) is 70.6 Å². The maximum Gasteiger partial charge on any atom is 0.307 e. The summed E-state index contributed by atoms with van der Waals surface area (Å²) in [5.74, 6) is -2.52. The van der Waals surface area contributed by atoms with Crippen LogP contribution in [0, 0.1) is 5.92 Å². The van der Waals surface area contributed by atoms with Crippen LogP contribution < -0.4 is 10.1 Å². The lowest BCUT2D eigenvalue weighted by Gasteiger charge is -2.17. The number of ether oxygens (including phenoxy) is 1. The average Bonchev–Trinajstić information content (AvgIpc) is 3.34. The van der Waals surface area contributed by atoms with Gasteiger partial charge in [-0.3, -0.25) is 24.1 Å². The van der Waals surface area contributed by atoms with Crippen LogP contribution in [-0.2, 0) is 4.79 Å². The lowest BCUT2D eigenvalue weighted by atomic mass is 9.95. The summed E-state index contributed by atoms with van der Waals surface area (Å²) in [6, 6.07) is 21.2. The standard InChI is InChI=1S/C40H50N2O6/c1-2-3-4-5-6-7-8-9-10-11-12-15-28-48-34-24-22-33(23-25-34)41-32-20-18-30(19-21-32)37(43)29-31(40(46)47)26-27-42-38(44)35-16-13-14-17-36(35)39(42)45/h13-14,16-25,31,41H,2-12,15,26-29H2,1H3,(H,46,47). The molecule has 2 amide bonds. The van der Waals surface area contributed by atoms with Gasteiger partial charge in [0.2, 0.25) is 0 Å². The van der Waals surface area contributed by atoms with Gasteiger partial charge in [-0.1, -0.05) is 89.7 Å². The molecule has 2 N–H and O–H groups in total. The second kappa shape index (κ2) is 19.4. The zero-order chi connectivity index (χ0) is 34.1. The van der Waals surface area contributed by atoms with Crippen molar-refractivity contribution in [1.82, 2.24) is 4.90 Å². The van der Waals surface area contributed by atoms with Crippen molar-refractivity contribution in [2.24, 2.45) is 5.92 Å². The topological polar surface area (TPSA) is 113 Å². The second-order valence-electron chi connectivity index (χ2n) is 12.7. The molecule has 0 saturated carbocycles. The quantitative estimate of drug-likeness (QED) is 0.0595. The van der Waals surface area contributed by atoms with E-state index in [9.17, 15) is 24.3 Å². The van der Waals surface area contributed by atoms with E-state index in [0.29, 0.717) is 23.3 Å². The molecule has 256 valence electrons. The number of hydrogen-bond acceptors (Lipinski definition) is 6. The van der Waals surface area contributed by atoms with Gasteiger partial charge in [-0.25, -0.2) is 0 Å². The van der Waals surface area contributed by atoms with Crippen LogP contribution in [0.4, 0.5) is 11.4 Å². The summed E-state index contributed by atoms with van der Waals surface area (Å²) in [7, 11) is 0. The number of imide groups is 1. The van der Waals surface area contributed by atoms with Gasteiger partial charge >= 0.3 is 5.97 Å². The van der Waals surface area contributed by atoms with E-state index in [4.69, 9.17) is 4.74 Å². The monoisotopic (exact) mass is 654 g/mol. The third kappa shape index (κ3) is 11.1. The molecule has 0 spiro atoms. The highest BCUT2D eigenvalue weighted by molar-refractivity contribution is 6.21. The molecule has 0 saturated heterocycles. The van der Waals surface area contributed by atoms with Gasteiger partial charge in [0.25, 0.3) is 11.8 Å². The molecule has 8 nitrogen and oxygen atoms in total. The van der Waals surface area contributed by atoms with Crippen LogP contribution in [0.25, 0.3) is 0 Å². The van der Waals surface area contributed by atoms with Crippen molar-refractivity contribution in [2.45, 2.75) is 96.8 Å². The summed E-state index contributed by atoms with van der Waals surface area (Å²) >= 11 is 0. The largest absolute Gasteiger partial charge is 0.494 e. The Kier molecular flexibility index (Phi) is 14.7. The van der Waals surface area contributed by atoms with Crippen LogP contribution >= 0.6 is 0 Å². The molecule has 8 heteroatoms. The molecule has 1 aliphatic rings. The Morgan fingerprint density at radius 1 is 0.708 bits per heavy atom. The van der Waals surface area contributed by atoms with E-state index in [2.05, 4.69) is 12.2 Å². The zero-order valence-electron chi connectivity index (χ0n) is 28.3. The Balaban J connectivity index is 1.13. The van der Waals surface area contributed by atoms with Gasteiger partial charge in [0, 0.05) is 29.9 Å². The summed E-state index contributed by atoms with van der Waals surface area (Å²) in [5.41, 5.74) is 2.69. The predicted octanol–water partition coefficient (Wildman–Crippen LogP) is 9.47. The molecular formula is C40H50N2O6. The van der Waals surface area contributed by atoms with Gasteiger partial charge in [0.1, 0.15) is 5.75 Å². The minimum absolute atomic E-state index is 0.00868. The number of nitrogens with zero attached hydrogens (tertiary/aromatic N) is 1. The number of unbranched alkanes of at least 4 members (excludes halogenated alkanes) is 11. The molecule has 0 bridgehead atoms. The van der Waals surface area contributed by atoms with Gasteiger partial charge in [-0.2, -0.15) is 0 Å². The number of carbonyl (C=O) groups excluding carboxylic acids is 3. The molecule has 1 atom stereocenters. The van der Waals surface area contributed by atoms with Gasteiger partial charge in [-0.05, 0) is 73.5 Å². The van der Waals surface area contributed by atoms with E-state index in [1.807, 2.05) is 24.3 Å². The fourth-order valence-corrected chi connectivity index (χ4v) is 6.06. The molecule has 48 heavy (non-hydrogen) atoms. The average molecular weight is 655 g/mol. The van der Waals surface area contributed by atoms with E-state index in [1.54, 1.807) is 48.5 Å². The number of benzene rings is 3. The molecule has 1 heterocycles. The number of fused-ring (bicyclic) bond motifs is 1. The van der Waals surface area contributed by atoms with Crippen molar-refractivity contribution < 1.29 is 29.0 Å². The van der Waals surface area contributed by atoms with Gasteiger partial charge in [-0.15, -0.1) is 0 Å². The first-order chi connectivity index (χ1) is 23.4. The second-order valence-corrected chi connectivity index (χ2v) is 12.7. The summed E-state index contributed by atoms with van der Waals surface area (Å²) < 4.78 is 5.92. The van der Waals surface area contributed by atoms with Crippen LogP contribution in [0.1, 0.15) is 128 Å². The first-order valence-electron chi connectivity index (χ1n) is 17.7. The first-order valence-corrected chi connectivity index (χ1v) is 17.7. The highest BCUT2D eigenvalue weighted by Gasteiger charge is 2.36. The first kappa shape index (κ1) is 36.4. The molecular weight excluding hydrogens is 604 g/mol. The fourth-order valence-electron chi connectivity index (χ4n) is 6.06. The minimum Gasteiger partial charge on any atom is -0.494 e. The summed E-state index contributed by atoms with van der Waals surface area (Å²) in [4.78, 5) is 51.2. The summed E-state index contributed by atoms with van der Waals surface area (Å²) in [5, 5.41) is 13.1. The highest BCUT2D eigenvalue weighted by atomic mass is 16.5. The van der Waals surface area contributed by atoms with E-state index in [0.717, 1.165) is 28.4 Å². The number of hydrogen-bond donors (Lipinski definition) is 2. The molecule has 3 aromatic carbocycles. The smallest absolute Gasteiger partial charge is 0.307 e. The van der Waals surface area contributed by atoms with E-state index in [-0.39, 0.29) is 25.2 Å². The number of anilines is 2.